The monoisotopic (exact) mass is 360 g/mol. The van der Waals surface area contributed by atoms with Crippen LogP contribution in [-0.2, 0) is 9.59 Å². The van der Waals surface area contributed by atoms with Crippen LogP contribution in [0.15, 0.2) is 48.5 Å². The van der Waals surface area contributed by atoms with Gasteiger partial charge in [-0.1, -0.05) is 35.4 Å². The number of rotatable bonds is 5. The van der Waals surface area contributed by atoms with Crippen molar-refractivity contribution in [2.45, 2.75) is 6.92 Å². The Kier molecular flexibility index (Phi) is 6.31. The van der Waals surface area contributed by atoms with Crippen LogP contribution in [0.5, 0.6) is 0 Å². The van der Waals surface area contributed by atoms with Gasteiger partial charge in [-0.05, 0) is 42.8 Å². The molecule has 0 aliphatic rings. The summed E-state index contributed by atoms with van der Waals surface area (Å²) in [5, 5.41) is 2.71. The van der Waals surface area contributed by atoms with Gasteiger partial charge in [0.1, 0.15) is 5.82 Å². The van der Waals surface area contributed by atoms with Gasteiger partial charge in [-0.25, -0.2) is 4.39 Å². The van der Waals surface area contributed by atoms with Crippen molar-refractivity contribution in [1.29, 1.82) is 0 Å². The minimum absolute atomic E-state index is 0.0135. The van der Waals surface area contributed by atoms with Gasteiger partial charge < -0.3 is 10.2 Å². The van der Waals surface area contributed by atoms with E-state index in [1.807, 2.05) is 19.1 Å². The summed E-state index contributed by atoms with van der Waals surface area (Å²) in [6.45, 7) is 1.87. The van der Waals surface area contributed by atoms with E-state index in [1.54, 1.807) is 12.1 Å². The Morgan fingerprint density at radius 3 is 2.52 bits per heavy atom. The molecule has 0 aromatic heterocycles. The zero-order valence-electron chi connectivity index (χ0n) is 13.9. The standard InChI is InChI=1S/C19H18ClFN2O2/c1-13-3-7-15(8-4-13)22-18(24)12-23(2)19(25)10-6-14-5-9-17(21)16(20)11-14/h3-11H,12H2,1-2H3,(H,22,24)/b10-6+. The molecular formula is C19H18ClFN2O2. The maximum absolute atomic E-state index is 13.1. The zero-order chi connectivity index (χ0) is 18.4. The number of likely N-dealkylation sites (N-methyl/N-ethyl adjacent to an activating group) is 1. The number of benzene rings is 2. The minimum Gasteiger partial charge on any atom is -0.333 e. The smallest absolute Gasteiger partial charge is 0.246 e. The van der Waals surface area contributed by atoms with Gasteiger partial charge in [-0.3, -0.25) is 9.59 Å². The van der Waals surface area contributed by atoms with Crippen molar-refractivity contribution in [2.75, 3.05) is 18.9 Å². The van der Waals surface area contributed by atoms with Crippen LogP contribution in [-0.4, -0.2) is 30.3 Å². The lowest BCUT2D eigenvalue weighted by atomic mass is 10.2. The number of carbonyl (C=O) groups is 2. The predicted octanol–water partition coefficient (Wildman–Crippen LogP) is 3.90. The number of anilines is 1. The fraction of sp³-hybridized carbons (Fsp3) is 0.158. The summed E-state index contributed by atoms with van der Waals surface area (Å²) < 4.78 is 13.1. The first kappa shape index (κ1) is 18.7. The second kappa shape index (κ2) is 8.44. The van der Waals surface area contributed by atoms with E-state index >= 15 is 0 Å². The molecule has 0 spiro atoms. The van der Waals surface area contributed by atoms with Crippen molar-refractivity contribution < 1.29 is 14.0 Å². The Bertz CT molecular complexity index is 804. The summed E-state index contributed by atoms with van der Waals surface area (Å²) >= 11 is 5.69. The van der Waals surface area contributed by atoms with Crippen LogP contribution in [0.2, 0.25) is 5.02 Å². The molecule has 0 saturated heterocycles. The van der Waals surface area contributed by atoms with Crippen LogP contribution < -0.4 is 5.32 Å². The highest BCUT2D eigenvalue weighted by molar-refractivity contribution is 6.30. The van der Waals surface area contributed by atoms with E-state index in [9.17, 15) is 14.0 Å². The molecule has 0 atom stereocenters. The summed E-state index contributed by atoms with van der Waals surface area (Å²) in [6, 6.07) is 11.5. The summed E-state index contributed by atoms with van der Waals surface area (Å²) in [7, 11) is 1.53. The number of aryl methyl sites for hydroxylation is 1. The third-order valence-corrected chi connectivity index (χ3v) is 3.74. The van der Waals surface area contributed by atoms with Gasteiger partial charge in [-0.15, -0.1) is 0 Å². The van der Waals surface area contributed by atoms with E-state index < -0.39 is 5.82 Å². The Balaban J connectivity index is 1.90. The molecule has 0 aliphatic heterocycles. The second-order valence-electron chi connectivity index (χ2n) is 5.62. The molecule has 0 bridgehead atoms. The minimum atomic E-state index is -0.518. The summed E-state index contributed by atoms with van der Waals surface area (Å²) in [5.74, 6) is -1.16. The first-order valence-electron chi connectivity index (χ1n) is 7.60. The van der Waals surface area contributed by atoms with Crippen molar-refractivity contribution >= 4 is 35.2 Å². The summed E-state index contributed by atoms with van der Waals surface area (Å²) in [6.07, 6.45) is 2.82. The molecule has 2 rings (SSSR count). The topological polar surface area (TPSA) is 49.4 Å². The molecule has 2 aromatic rings. The molecule has 0 aliphatic carbocycles. The van der Waals surface area contributed by atoms with Crippen molar-refractivity contribution in [3.63, 3.8) is 0 Å². The quantitative estimate of drug-likeness (QED) is 0.822. The fourth-order valence-corrected chi connectivity index (χ4v) is 2.23. The maximum atomic E-state index is 13.1. The lowest BCUT2D eigenvalue weighted by Crippen LogP contribution is -2.33. The first-order valence-corrected chi connectivity index (χ1v) is 7.97. The van der Waals surface area contributed by atoms with Gasteiger partial charge in [-0.2, -0.15) is 0 Å². The summed E-state index contributed by atoms with van der Waals surface area (Å²) in [4.78, 5) is 25.3. The average Bonchev–Trinajstić information content (AvgIpc) is 2.57. The van der Waals surface area contributed by atoms with E-state index in [0.29, 0.717) is 11.3 Å². The number of hydrogen-bond acceptors (Lipinski definition) is 2. The fourth-order valence-electron chi connectivity index (χ4n) is 2.04. The van der Waals surface area contributed by atoms with Gasteiger partial charge in [0.2, 0.25) is 11.8 Å². The van der Waals surface area contributed by atoms with Gasteiger partial charge in [0.15, 0.2) is 0 Å². The van der Waals surface area contributed by atoms with Crippen LogP contribution in [0.25, 0.3) is 6.08 Å². The SMILES string of the molecule is Cc1ccc(NC(=O)CN(C)C(=O)/C=C/c2ccc(F)c(Cl)c2)cc1. The summed E-state index contributed by atoms with van der Waals surface area (Å²) in [5.41, 5.74) is 2.36. The molecule has 2 amide bonds. The number of halogens is 2. The van der Waals surface area contributed by atoms with E-state index in [2.05, 4.69) is 5.32 Å². The number of amides is 2. The molecule has 0 heterocycles. The predicted molar refractivity (Wildman–Crippen MR) is 97.9 cm³/mol. The molecule has 130 valence electrons. The molecule has 6 heteroatoms. The highest BCUT2D eigenvalue weighted by Crippen LogP contribution is 2.17. The van der Waals surface area contributed by atoms with Crippen LogP contribution in [0.1, 0.15) is 11.1 Å². The van der Waals surface area contributed by atoms with E-state index in [1.165, 1.54) is 42.3 Å². The number of nitrogens with one attached hydrogen (secondary N) is 1. The molecule has 2 aromatic carbocycles. The molecule has 0 saturated carbocycles. The van der Waals surface area contributed by atoms with E-state index in [0.717, 1.165) is 5.56 Å². The van der Waals surface area contributed by atoms with Crippen molar-refractivity contribution in [3.05, 3.63) is 70.5 Å². The molecule has 0 radical (unpaired) electrons. The average molecular weight is 361 g/mol. The Morgan fingerprint density at radius 1 is 1.20 bits per heavy atom. The normalized spacial score (nSPS) is 10.7. The Hall–Kier alpha value is -2.66. The highest BCUT2D eigenvalue weighted by Gasteiger charge is 2.10. The number of hydrogen-bond donors (Lipinski definition) is 1. The zero-order valence-corrected chi connectivity index (χ0v) is 14.7. The molecule has 25 heavy (non-hydrogen) atoms. The Morgan fingerprint density at radius 2 is 1.88 bits per heavy atom. The van der Waals surface area contributed by atoms with Crippen LogP contribution in [0, 0.1) is 12.7 Å². The second-order valence-corrected chi connectivity index (χ2v) is 6.02. The third-order valence-electron chi connectivity index (χ3n) is 3.45. The number of nitrogens with zero attached hydrogens (tertiary/aromatic N) is 1. The van der Waals surface area contributed by atoms with Crippen LogP contribution in [0.4, 0.5) is 10.1 Å². The van der Waals surface area contributed by atoms with Gasteiger partial charge >= 0.3 is 0 Å². The van der Waals surface area contributed by atoms with E-state index in [4.69, 9.17) is 11.6 Å². The molecule has 4 nitrogen and oxygen atoms in total. The molecule has 1 N–H and O–H groups in total. The first-order chi connectivity index (χ1) is 11.8. The largest absolute Gasteiger partial charge is 0.333 e. The maximum Gasteiger partial charge on any atom is 0.246 e. The van der Waals surface area contributed by atoms with E-state index in [-0.39, 0.29) is 23.4 Å². The molecule has 0 unspecified atom stereocenters. The third kappa shape index (κ3) is 5.72. The lowest BCUT2D eigenvalue weighted by Gasteiger charge is -2.15. The Labute approximate surface area is 150 Å². The van der Waals surface area contributed by atoms with Crippen molar-refractivity contribution in [1.82, 2.24) is 4.90 Å². The molecular weight excluding hydrogens is 343 g/mol. The van der Waals surface area contributed by atoms with Crippen LogP contribution >= 0.6 is 11.6 Å². The number of carbonyl (C=O) groups excluding carboxylic acids is 2. The lowest BCUT2D eigenvalue weighted by molar-refractivity contribution is -0.129. The van der Waals surface area contributed by atoms with Gasteiger partial charge in [0, 0.05) is 18.8 Å². The van der Waals surface area contributed by atoms with Gasteiger partial charge in [0.05, 0.1) is 11.6 Å². The molecule has 0 fully saturated rings. The highest BCUT2D eigenvalue weighted by atomic mass is 35.5. The van der Waals surface area contributed by atoms with Gasteiger partial charge in [0.25, 0.3) is 0 Å². The van der Waals surface area contributed by atoms with Crippen LogP contribution in [0.3, 0.4) is 0 Å². The van der Waals surface area contributed by atoms with Crippen molar-refractivity contribution in [2.24, 2.45) is 0 Å². The van der Waals surface area contributed by atoms with Crippen molar-refractivity contribution in [3.8, 4) is 0 Å².